The zero-order chi connectivity index (χ0) is 19.3. The molecule has 3 aromatic heterocycles. The first-order valence-electron chi connectivity index (χ1n) is 8.53. The highest BCUT2D eigenvalue weighted by molar-refractivity contribution is 7.13. The first kappa shape index (κ1) is 17.5. The zero-order valence-corrected chi connectivity index (χ0v) is 15.5. The van der Waals surface area contributed by atoms with Gasteiger partial charge in [0.2, 0.25) is 0 Å². The van der Waals surface area contributed by atoms with Crippen LogP contribution < -0.4 is 5.32 Å². The van der Waals surface area contributed by atoms with Crippen LogP contribution in [0.15, 0.2) is 70.9 Å². The molecule has 0 bridgehead atoms. The largest absolute Gasteiger partial charge is 0.472 e. The molecule has 5 nitrogen and oxygen atoms in total. The normalized spacial score (nSPS) is 10.2. The number of nitrogens with zero attached hydrogens (tertiary/aromatic N) is 3. The molecular weight excluding hydrogens is 368 g/mol. The molecule has 0 aliphatic rings. The highest BCUT2D eigenvalue weighted by atomic mass is 32.1. The number of hydrogen-bond donors (Lipinski definition) is 1. The lowest BCUT2D eigenvalue weighted by molar-refractivity contribution is 0.568. The van der Waals surface area contributed by atoms with Crippen LogP contribution in [0.5, 0.6) is 0 Å². The van der Waals surface area contributed by atoms with Crippen LogP contribution in [0, 0.1) is 22.7 Å². The van der Waals surface area contributed by atoms with Gasteiger partial charge in [0, 0.05) is 17.7 Å². The van der Waals surface area contributed by atoms with Crippen LogP contribution in [-0.2, 0) is 6.54 Å². The van der Waals surface area contributed by atoms with Gasteiger partial charge in [-0.15, -0.1) is 11.3 Å². The van der Waals surface area contributed by atoms with E-state index < -0.39 is 0 Å². The van der Waals surface area contributed by atoms with Gasteiger partial charge in [-0.05, 0) is 41.3 Å². The van der Waals surface area contributed by atoms with E-state index in [0.717, 1.165) is 27.3 Å². The number of aromatic nitrogens is 1. The number of pyridine rings is 1. The molecule has 0 unspecified atom stereocenters. The second kappa shape index (κ2) is 7.79. The molecule has 4 aromatic rings. The number of thiophene rings is 1. The molecule has 0 fully saturated rings. The van der Waals surface area contributed by atoms with Gasteiger partial charge in [0.25, 0.3) is 0 Å². The van der Waals surface area contributed by atoms with Crippen LogP contribution in [0.4, 0.5) is 5.82 Å². The van der Waals surface area contributed by atoms with Gasteiger partial charge in [-0.2, -0.15) is 10.5 Å². The van der Waals surface area contributed by atoms with Gasteiger partial charge in [0.15, 0.2) is 0 Å². The Hall–Kier alpha value is -3.87. The Morgan fingerprint density at radius 1 is 1.07 bits per heavy atom. The number of nitriles is 2. The predicted octanol–water partition coefficient (Wildman–Crippen LogP) is 5.43. The summed E-state index contributed by atoms with van der Waals surface area (Å²) in [6.45, 7) is 0.492. The minimum absolute atomic E-state index is 0.468. The summed E-state index contributed by atoms with van der Waals surface area (Å²) in [4.78, 5) is 5.72. The fraction of sp³-hybridized carbons (Fsp3) is 0.0455. The molecule has 0 radical (unpaired) electrons. The van der Waals surface area contributed by atoms with Crippen LogP contribution in [-0.4, -0.2) is 4.98 Å². The van der Waals surface area contributed by atoms with E-state index in [1.165, 1.54) is 0 Å². The summed E-state index contributed by atoms with van der Waals surface area (Å²) in [7, 11) is 0. The molecule has 0 atom stereocenters. The van der Waals surface area contributed by atoms with Gasteiger partial charge in [-0.25, -0.2) is 4.98 Å². The van der Waals surface area contributed by atoms with Crippen molar-refractivity contribution >= 4 is 17.2 Å². The Morgan fingerprint density at radius 2 is 1.93 bits per heavy atom. The maximum absolute atomic E-state index is 9.79. The summed E-state index contributed by atoms with van der Waals surface area (Å²) in [6.07, 6.45) is 3.21. The molecule has 0 spiro atoms. The molecule has 3 heterocycles. The van der Waals surface area contributed by atoms with Crippen molar-refractivity contribution in [1.29, 1.82) is 10.5 Å². The van der Waals surface area contributed by atoms with Crippen molar-refractivity contribution in [2.45, 2.75) is 6.54 Å². The van der Waals surface area contributed by atoms with Crippen molar-refractivity contribution in [2.24, 2.45) is 0 Å². The molecule has 6 heteroatoms. The third-order valence-corrected chi connectivity index (χ3v) is 5.17. The number of furan rings is 1. The maximum Gasteiger partial charge on any atom is 0.145 e. The third kappa shape index (κ3) is 3.50. The smallest absolute Gasteiger partial charge is 0.145 e. The first-order valence-corrected chi connectivity index (χ1v) is 9.41. The molecule has 28 heavy (non-hydrogen) atoms. The molecule has 1 N–H and O–H groups in total. The molecule has 134 valence electrons. The van der Waals surface area contributed by atoms with E-state index in [-0.39, 0.29) is 0 Å². The number of benzene rings is 1. The Morgan fingerprint density at radius 3 is 2.57 bits per heavy atom. The molecule has 4 rings (SSSR count). The lowest BCUT2D eigenvalue weighted by atomic mass is 10.0. The van der Waals surface area contributed by atoms with Gasteiger partial charge in [0.1, 0.15) is 17.5 Å². The Bertz CT molecular complexity index is 1170. The SMILES string of the molecule is N#Cc1ccc(CNc2nc(-c3cccs3)cc(-c3ccoc3)c2C#N)cc1. The van der Waals surface area contributed by atoms with Crippen molar-refractivity contribution in [2.75, 3.05) is 5.32 Å². The predicted molar refractivity (Wildman–Crippen MR) is 108 cm³/mol. The number of nitrogens with one attached hydrogen (secondary N) is 1. The topological polar surface area (TPSA) is 85.6 Å². The molecule has 0 aliphatic heterocycles. The Labute approximate surface area is 166 Å². The van der Waals surface area contributed by atoms with Gasteiger partial charge in [0.05, 0.1) is 34.7 Å². The van der Waals surface area contributed by atoms with Gasteiger partial charge in [-0.3, -0.25) is 0 Å². The van der Waals surface area contributed by atoms with E-state index in [2.05, 4.69) is 17.5 Å². The minimum Gasteiger partial charge on any atom is -0.472 e. The van der Waals surface area contributed by atoms with Crippen LogP contribution in [0.2, 0.25) is 0 Å². The summed E-state index contributed by atoms with van der Waals surface area (Å²) >= 11 is 1.60. The number of rotatable bonds is 5. The summed E-state index contributed by atoms with van der Waals surface area (Å²) < 4.78 is 5.22. The standard InChI is InChI=1S/C22H14N4OS/c23-11-15-3-5-16(6-4-15)13-25-22-19(12-24)18(17-7-8-27-14-17)10-20(26-22)21-2-1-9-28-21/h1-10,14H,13H2,(H,25,26). The van der Waals surface area contributed by atoms with Crippen molar-refractivity contribution in [3.8, 4) is 33.8 Å². The molecule has 0 saturated carbocycles. The Balaban J connectivity index is 1.74. The van der Waals surface area contributed by atoms with Crippen LogP contribution in [0.1, 0.15) is 16.7 Å². The molecule has 0 aliphatic carbocycles. The van der Waals surface area contributed by atoms with Crippen LogP contribution >= 0.6 is 11.3 Å². The van der Waals surface area contributed by atoms with Crippen molar-refractivity contribution in [3.63, 3.8) is 0 Å². The van der Waals surface area contributed by atoms with E-state index in [0.29, 0.717) is 23.5 Å². The van der Waals surface area contributed by atoms with E-state index in [1.54, 1.807) is 36.0 Å². The molecular formula is C22H14N4OS. The number of anilines is 1. The maximum atomic E-state index is 9.79. The summed E-state index contributed by atoms with van der Waals surface area (Å²) in [6, 6.07) is 19.4. The van der Waals surface area contributed by atoms with Crippen molar-refractivity contribution in [1.82, 2.24) is 4.98 Å². The lowest BCUT2D eigenvalue weighted by Gasteiger charge is -2.13. The quantitative estimate of drug-likeness (QED) is 0.498. The monoisotopic (exact) mass is 382 g/mol. The average molecular weight is 382 g/mol. The third-order valence-electron chi connectivity index (χ3n) is 4.28. The second-order valence-corrected chi connectivity index (χ2v) is 6.99. The van der Waals surface area contributed by atoms with Crippen LogP contribution in [0.3, 0.4) is 0 Å². The van der Waals surface area contributed by atoms with E-state index >= 15 is 0 Å². The average Bonchev–Trinajstić information content (AvgIpc) is 3.46. The highest BCUT2D eigenvalue weighted by Crippen LogP contribution is 2.34. The fourth-order valence-electron chi connectivity index (χ4n) is 2.87. The second-order valence-electron chi connectivity index (χ2n) is 6.04. The number of hydrogen-bond acceptors (Lipinski definition) is 6. The summed E-state index contributed by atoms with van der Waals surface area (Å²) in [5.41, 5.74) is 4.48. The zero-order valence-electron chi connectivity index (χ0n) is 14.7. The van der Waals surface area contributed by atoms with Gasteiger partial charge < -0.3 is 9.73 Å². The van der Waals surface area contributed by atoms with Gasteiger partial charge >= 0.3 is 0 Å². The van der Waals surface area contributed by atoms with E-state index in [1.807, 2.05) is 41.8 Å². The lowest BCUT2D eigenvalue weighted by Crippen LogP contribution is -2.05. The Kier molecular flexibility index (Phi) is 4.88. The first-order chi connectivity index (χ1) is 13.8. The van der Waals surface area contributed by atoms with Gasteiger partial charge in [-0.1, -0.05) is 18.2 Å². The summed E-state index contributed by atoms with van der Waals surface area (Å²) in [5, 5.41) is 24.0. The van der Waals surface area contributed by atoms with E-state index in [4.69, 9.17) is 14.7 Å². The highest BCUT2D eigenvalue weighted by Gasteiger charge is 2.16. The van der Waals surface area contributed by atoms with Crippen LogP contribution in [0.25, 0.3) is 21.7 Å². The fourth-order valence-corrected chi connectivity index (χ4v) is 3.55. The molecule has 0 amide bonds. The molecule has 1 aromatic carbocycles. The summed E-state index contributed by atoms with van der Waals surface area (Å²) in [5.74, 6) is 0.522. The van der Waals surface area contributed by atoms with Crippen molar-refractivity contribution in [3.05, 3.63) is 83.1 Å². The van der Waals surface area contributed by atoms with E-state index in [9.17, 15) is 5.26 Å². The minimum atomic E-state index is 0.468. The van der Waals surface area contributed by atoms with Crippen molar-refractivity contribution < 1.29 is 4.42 Å². The molecule has 0 saturated heterocycles.